The van der Waals surface area contributed by atoms with Crippen molar-refractivity contribution in [2.45, 2.75) is 58.4 Å². The molecule has 24 heavy (non-hydrogen) atoms. The van der Waals surface area contributed by atoms with E-state index < -0.39 is 11.5 Å². The number of esters is 1. The first-order valence-electron chi connectivity index (χ1n) is 8.41. The zero-order valence-electron chi connectivity index (χ0n) is 14.6. The van der Waals surface area contributed by atoms with Crippen LogP contribution in [-0.2, 0) is 16.6 Å². The minimum Gasteiger partial charge on any atom is -0.452 e. The van der Waals surface area contributed by atoms with E-state index in [9.17, 15) is 14.4 Å². The van der Waals surface area contributed by atoms with Gasteiger partial charge in [-0.15, -0.1) is 0 Å². The van der Waals surface area contributed by atoms with Gasteiger partial charge in [0.1, 0.15) is 5.56 Å². The molecule has 1 saturated carbocycles. The largest absolute Gasteiger partial charge is 0.452 e. The van der Waals surface area contributed by atoms with Crippen molar-refractivity contribution in [2.24, 2.45) is 7.05 Å². The molecule has 0 saturated heterocycles. The molecule has 0 atom stereocenters. The smallest absolute Gasteiger partial charge is 0.344 e. The van der Waals surface area contributed by atoms with E-state index in [-0.39, 0.29) is 24.1 Å². The average molecular weight is 335 g/mol. The summed E-state index contributed by atoms with van der Waals surface area (Å²) in [5, 5.41) is 6.92. The van der Waals surface area contributed by atoms with Crippen molar-refractivity contribution in [3.05, 3.63) is 27.2 Å². The lowest BCUT2D eigenvalue weighted by molar-refractivity contribution is -0.125. The van der Waals surface area contributed by atoms with Crippen molar-refractivity contribution in [2.75, 3.05) is 6.61 Å². The summed E-state index contributed by atoms with van der Waals surface area (Å²) in [5.74, 6) is -1.11. The van der Waals surface area contributed by atoms with Crippen molar-refractivity contribution >= 4 is 11.9 Å². The molecule has 1 amide bonds. The molecular weight excluding hydrogens is 310 g/mol. The summed E-state index contributed by atoms with van der Waals surface area (Å²) in [6.07, 6.45) is 6.54. The summed E-state index contributed by atoms with van der Waals surface area (Å²) in [6.45, 7) is 2.98. The van der Waals surface area contributed by atoms with Crippen LogP contribution in [0.15, 0.2) is 4.79 Å². The van der Waals surface area contributed by atoms with Crippen molar-refractivity contribution in [3.8, 4) is 0 Å². The highest BCUT2D eigenvalue weighted by atomic mass is 16.5. The van der Waals surface area contributed by atoms with Crippen molar-refractivity contribution in [1.82, 2.24) is 15.1 Å². The zero-order chi connectivity index (χ0) is 17.7. The number of rotatable bonds is 4. The van der Waals surface area contributed by atoms with Gasteiger partial charge in [-0.25, -0.2) is 9.48 Å². The molecule has 0 radical (unpaired) electrons. The Morgan fingerprint density at radius 2 is 1.83 bits per heavy atom. The van der Waals surface area contributed by atoms with E-state index >= 15 is 0 Å². The molecular formula is C17H25N3O4. The molecule has 0 spiro atoms. The van der Waals surface area contributed by atoms with Gasteiger partial charge in [-0.3, -0.25) is 9.59 Å². The van der Waals surface area contributed by atoms with Gasteiger partial charge in [-0.2, -0.15) is 5.10 Å². The predicted molar refractivity (Wildman–Crippen MR) is 88.9 cm³/mol. The monoisotopic (exact) mass is 335 g/mol. The van der Waals surface area contributed by atoms with Crippen LogP contribution in [0.25, 0.3) is 0 Å². The molecule has 0 aromatic carbocycles. The van der Waals surface area contributed by atoms with Crippen molar-refractivity contribution < 1.29 is 14.3 Å². The van der Waals surface area contributed by atoms with Crippen LogP contribution in [0.5, 0.6) is 0 Å². The van der Waals surface area contributed by atoms with Crippen LogP contribution < -0.4 is 10.9 Å². The van der Waals surface area contributed by atoms with Gasteiger partial charge in [0.25, 0.3) is 11.5 Å². The van der Waals surface area contributed by atoms with Gasteiger partial charge >= 0.3 is 5.97 Å². The molecule has 1 aromatic rings. The summed E-state index contributed by atoms with van der Waals surface area (Å²) in [6, 6.07) is 0.150. The Labute approximate surface area is 141 Å². The summed E-state index contributed by atoms with van der Waals surface area (Å²) < 4.78 is 6.14. The minimum atomic E-state index is -0.783. The Kier molecular flexibility index (Phi) is 6.11. The van der Waals surface area contributed by atoms with E-state index in [1.807, 2.05) is 0 Å². The second-order valence-electron chi connectivity index (χ2n) is 6.35. The minimum absolute atomic E-state index is 0.0627. The number of ether oxygens (including phenoxy) is 1. The Morgan fingerprint density at radius 3 is 2.46 bits per heavy atom. The molecule has 7 nitrogen and oxygen atoms in total. The van der Waals surface area contributed by atoms with Gasteiger partial charge < -0.3 is 10.1 Å². The lowest BCUT2D eigenvalue weighted by atomic mass is 10.1. The third-order valence-electron chi connectivity index (χ3n) is 4.48. The first kappa shape index (κ1) is 18.2. The quantitative estimate of drug-likeness (QED) is 0.663. The Bertz CT molecular complexity index is 673. The fraction of sp³-hybridized carbons (Fsp3) is 0.647. The SMILES string of the molecule is Cc1nn(C)c(=O)c(C(=O)OCC(=O)NC2CCCCCC2)c1C. The lowest BCUT2D eigenvalue weighted by Crippen LogP contribution is -2.38. The number of carbonyl (C=O) groups excluding carboxylic acids is 2. The predicted octanol–water partition coefficient (Wildman–Crippen LogP) is 1.39. The fourth-order valence-electron chi connectivity index (χ4n) is 2.99. The van der Waals surface area contributed by atoms with E-state index in [0.29, 0.717) is 11.3 Å². The van der Waals surface area contributed by atoms with E-state index in [0.717, 1.165) is 30.4 Å². The number of amides is 1. The number of carbonyl (C=O) groups is 2. The third kappa shape index (κ3) is 4.43. The number of aromatic nitrogens is 2. The molecule has 1 fully saturated rings. The normalized spacial score (nSPS) is 15.6. The molecule has 1 aliphatic rings. The maximum Gasteiger partial charge on any atom is 0.344 e. The van der Waals surface area contributed by atoms with E-state index in [1.165, 1.54) is 19.9 Å². The fourth-order valence-corrected chi connectivity index (χ4v) is 2.99. The molecule has 1 N–H and O–H groups in total. The summed E-state index contributed by atoms with van der Waals surface area (Å²) in [5.41, 5.74) is 0.471. The molecule has 1 aliphatic carbocycles. The zero-order valence-corrected chi connectivity index (χ0v) is 14.6. The second kappa shape index (κ2) is 8.08. The van der Waals surface area contributed by atoms with Crippen LogP contribution in [0.3, 0.4) is 0 Å². The van der Waals surface area contributed by atoms with Crippen LogP contribution in [-0.4, -0.2) is 34.3 Å². The van der Waals surface area contributed by atoms with Crippen LogP contribution in [0.1, 0.15) is 60.1 Å². The van der Waals surface area contributed by atoms with Gasteiger partial charge in [0.05, 0.1) is 5.69 Å². The molecule has 1 aromatic heterocycles. The number of nitrogens with zero attached hydrogens (tertiary/aromatic N) is 2. The maximum absolute atomic E-state index is 12.2. The van der Waals surface area contributed by atoms with Crippen LogP contribution in [0.2, 0.25) is 0 Å². The van der Waals surface area contributed by atoms with Crippen LogP contribution in [0, 0.1) is 13.8 Å². The van der Waals surface area contributed by atoms with Crippen molar-refractivity contribution in [1.29, 1.82) is 0 Å². The van der Waals surface area contributed by atoms with E-state index in [1.54, 1.807) is 13.8 Å². The van der Waals surface area contributed by atoms with Crippen molar-refractivity contribution in [3.63, 3.8) is 0 Å². The number of hydrogen-bond donors (Lipinski definition) is 1. The van der Waals surface area contributed by atoms with Crippen LogP contribution in [0.4, 0.5) is 0 Å². The average Bonchev–Trinajstić information content (AvgIpc) is 2.80. The first-order chi connectivity index (χ1) is 11.4. The highest BCUT2D eigenvalue weighted by molar-refractivity contribution is 5.92. The van der Waals surface area contributed by atoms with E-state index in [2.05, 4.69) is 10.4 Å². The number of hydrogen-bond acceptors (Lipinski definition) is 5. The highest BCUT2D eigenvalue weighted by Crippen LogP contribution is 2.17. The topological polar surface area (TPSA) is 90.3 Å². The molecule has 0 unspecified atom stereocenters. The van der Waals surface area contributed by atoms with Crippen LogP contribution >= 0.6 is 0 Å². The molecule has 2 rings (SSSR count). The second-order valence-corrected chi connectivity index (χ2v) is 6.35. The summed E-state index contributed by atoms with van der Waals surface area (Å²) >= 11 is 0. The highest BCUT2D eigenvalue weighted by Gasteiger charge is 2.21. The molecule has 0 aliphatic heterocycles. The standard InChI is InChI=1S/C17H25N3O4/c1-11-12(2)19-20(3)16(22)15(11)17(23)24-10-14(21)18-13-8-6-4-5-7-9-13/h13H,4-10H2,1-3H3,(H,18,21). The summed E-state index contributed by atoms with van der Waals surface area (Å²) in [4.78, 5) is 36.3. The lowest BCUT2D eigenvalue weighted by Gasteiger charge is -2.16. The summed E-state index contributed by atoms with van der Waals surface area (Å²) in [7, 11) is 1.48. The Morgan fingerprint density at radius 1 is 1.21 bits per heavy atom. The van der Waals surface area contributed by atoms with Gasteiger partial charge in [-0.05, 0) is 32.3 Å². The maximum atomic E-state index is 12.2. The third-order valence-corrected chi connectivity index (χ3v) is 4.48. The Hall–Kier alpha value is -2.18. The molecule has 0 bridgehead atoms. The molecule has 1 heterocycles. The molecule has 7 heteroatoms. The van der Waals surface area contributed by atoms with Gasteiger partial charge in [0, 0.05) is 13.1 Å². The first-order valence-corrected chi connectivity index (χ1v) is 8.41. The van der Waals surface area contributed by atoms with Gasteiger partial charge in [0.15, 0.2) is 6.61 Å². The van der Waals surface area contributed by atoms with Gasteiger partial charge in [-0.1, -0.05) is 25.7 Å². The Balaban J connectivity index is 1.96. The molecule has 132 valence electrons. The number of aryl methyl sites for hydroxylation is 2. The van der Waals surface area contributed by atoms with Gasteiger partial charge in [0.2, 0.25) is 0 Å². The van der Waals surface area contributed by atoms with E-state index in [4.69, 9.17) is 4.74 Å². The number of nitrogens with one attached hydrogen (secondary N) is 1.